The number of alkyl halides is 3. The molecule has 148 valence electrons. The van der Waals surface area contributed by atoms with Crippen molar-refractivity contribution < 1.29 is 22.8 Å². The summed E-state index contributed by atoms with van der Waals surface area (Å²) in [4.78, 5) is 23.9. The monoisotopic (exact) mass is 410 g/mol. The Balaban J connectivity index is 1.96. The van der Waals surface area contributed by atoms with Gasteiger partial charge in [0.15, 0.2) is 0 Å². The van der Waals surface area contributed by atoms with Gasteiger partial charge in [-0.15, -0.1) is 0 Å². The lowest BCUT2D eigenvalue weighted by atomic mass is 10.1. The molecule has 0 spiro atoms. The number of para-hydroxylation sites is 1. The van der Waals surface area contributed by atoms with E-state index in [1.54, 1.807) is 0 Å². The summed E-state index contributed by atoms with van der Waals surface area (Å²) >= 11 is 5.86. The SMILES string of the molecule is Cc1cccc(C)c1NC(=O)CNC(=O)/C=C/c1cc(C(F)(F)F)ccc1Cl. The molecule has 2 aromatic carbocycles. The second-order valence-electron chi connectivity index (χ2n) is 6.10. The first kappa shape index (κ1) is 21.5. The normalized spacial score (nSPS) is 11.5. The van der Waals surface area contributed by atoms with Gasteiger partial charge in [0.05, 0.1) is 12.1 Å². The Labute approximate surface area is 165 Å². The van der Waals surface area contributed by atoms with E-state index in [4.69, 9.17) is 11.6 Å². The lowest BCUT2D eigenvalue weighted by molar-refractivity contribution is -0.137. The molecule has 0 bridgehead atoms. The molecule has 28 heavy (non-hydrogen) atoms. The molecule has 0 aliphatic rings. The highest BCUT2D eigenvalue weighted by Crippen LogP contribution is 2.32. The van der Waals surface area contributed by atoms with E-state index < -0.39 is 23.6 Å². The fourth-order valence-electron chi connectivity index (χ4n) is 2.43. The Morgan fingerprint density at radius 3 is 2.36 bits per heavy atom. The Kier molecular flexibility index (Phi) is 6.85. The van der Waals surface area contributed by atoms with Gasteiger partial charge in [-0.1, -0.05) is 29.8 Å². The highest BCUT2D eigenvalue weighted by Gasteiger charge is 2.30. The average molecular weight is 411 g/mol. The topological polar surface area (TPSA) is 58.2 Å². The van der Waals surface area contributed by atoms with Crippen LogP contribution in [0, 0.1) is 13.8 Å². The number of benzene rings is 2. The first-order valence-electron chi connectivity index (χ1n) is 8.26. The molecule has 0 aliphatic heterocycles. The summed E-state index contributed by atoms with van der Waals surface area (Å²) in [6.45, 7) is 3.42. The fourth-order valence-corrected chi connectivity index (χ4v) is 2.62. The van der Waals surface area contributed by atoms with Gasteiger partial charge in [0.2, 0.25) is 11.8 Å². The zero-order chi connectivity index (χ0) is 20.9. The number of carbonyl (C=O) groups is 2. The molecule has 0 saturated heterocycles. The Bertz CT molecular complexity index is 904. The van der Waals surface area contributed by atoms with Crippen LogP contribution in [0.1, 0.15) is 22.3 Å². The zero-order valence-electron chi connectivity index (χ0n) is 15.2. The number of hydrogen-bond acceptors (Lipinski definition) is 2. The van der Waals surface area contributed by atoms with Crippen LogP contribution in [0.3, 0.4) is 0 Å². The molecule has 0 saturated carbocycles. The van der Waals surface area contributed by atoms with Crippen LogP contribution in [0.25, 0.3) is 6.08 Å². The number of halogens is 4. The number of rotatable bonds is 5. The Hall–Kier alpha value is -2.80. The number of nitrogens with one attached hydrogen (secondary N) is 2. The van der Waals surface area contributed by atoms with Gasteiger partial charge in [0.25, 0.3) is 0 Å². The molecular formula is C20H18ClF3N2O2. The standard InChI is InChI=1S/C20H18ClF3N2O2/c1-12-4-3-5-13(2)19(12)26-18(28)11-25-17(27)9-6-14-10-15(20(22,23)24)7-8-16(14)21/h3-10H,11H2,1-2H3,(H,25,27)(H,26,28)/b9-6+. The highest BCUT2D eigenvalue weighted by molar-refractivity contribution is 6.32. The van der Waals surface area contributed by atoms with Crippen LogP contribution in [0.15, 0.2) is 42.5 Å². The summed E-state index contributed by atoms with van der Waals surface area (Å²) in [6.07, 6.45) is -2.33. The Morgan fingerprint density at radius 2 is 1.75 bits per heavy atom. The van der Waals surface area contributed by atoms with Crippen LogP contribution in [-0.4, -0.2) is 18.4 Å². The zero-order valence-corrected chi connectivity index (χ0v) is 15.9. The summed E-state index contributed by atoms with van der Waals surface area (Å²) in [5.74, 6) is -1.05. The van der Waals surface area contributed by atoms with Gasteiger partial charge in [-0.2, -0.15) is 13.2 Å². The summed E-state index contributed by atoms with van der Waals surface area (Å²) in [7, 11) is 0. The summed E-state index contributed by atoms with van der Waals surface area (Å²) in [5, 5.41) is 5.16. The first-order valence-corrected chi connectivity index (χ1v) is 8.64. The van der Waals surface area contributed by atoms with Gasteiger partial charge >= 0.3 is 6.18 Å². The van der Waals surface area contributed by atoms with Gasteiger partial charge in [0, 0.05) is 16.8 Å². The number of anilines is 1. The molecule has 0 aliphatic carbocycles. The van der Waals surface area contributed by atoms with Crippen molar-refractivity contribution in [1.82, 2.24) is 5.32 Å². The molecule has 2 aromatic rings. The third-order valence-corrected chi connectivity index (χ3v) is 4.25. The smallest absolute Gasteiger partial charge is 0.343 e. The molecule has 2 amide bonds. The van der Waals surface area contributed by atoms with Crippen LogP contribution < -0.4 is 10.6 Å². The molecule has 0 aromatic heterocycles. The van der Waals surface area contributed by atoms with Crippen LogP contribution >= 0.6 is 11.6 Å². The fraction of sp³-hybridized carbons (Fsp3) is 0.200. The minimum atomic E-state index is -4.51. The van der Waals surface area contributed by atoms with Crippen molar-refractivity contribution in [2.75, 3.05) is 11.9 Å². The molecule has 8 heteroatoms. The summed E-state index contributed by atoms with van der Waals surface area (Å²) in [6, 6.07) is 8.38. The van der Waals surface area contributed by atoms with Crippen molar-refractivity contribution in [2.24, 2.45) is 0 Å². The lowest BCUT2D eigenvalue weighted by Crippen LogP contribution is -2.32. The van der Waals surface area contributed by atoms with E-state index >= 15 is 0 Å². The molecule has 0 atom stereocenters. The molecule has 0 radical (unpaired) electrons. The van der Waals surface area contributed by atoms with Crippen LogP contribution in [0.2, 0.25) is 5.02 Å². The third-order valence-electron chi connectivity index (χ3n) is 3.91. The molecule has 4 nitrogen and oxygen atoms in total. The van der Waals surface area contributed by atoms with E-state index in [-0.39, 0.29) is 17.1 Å². The molecule has 0 unspecified atom stereocenters. The van der Waals surface area contributed by atoms with Gasteiger partial charge < -0.3 is 10.6 Å². The van der Waals surface area contributed by atoms with E-state index in [2.05, 4.69) is 10.6 Å². The summed E-state index contributed by atoms with van der Waals surface area (Å²) in [5.41, 5.74) is 1.63. The number of hydrogen-bond donors (Lipinski definition) is 2. The maximum Gasteiger partial charge on any atom is 0.416 e. The maximum atomic E-state index is 12.8. The number of aryl methyl sites for hydroxylation is 2. The average Bonchev–Trinajstić information content (AvgIpc) is 2.61. The largest absolute Gasteiger partial charge is 0.416 e. The van der Waals surface area contributed by atoms with Crippen LogP contribution in [-0.2, 0) is 15.8 Å². The van der Waals surface area contributed by atoms with Crippen molar-refractivity contribution in [2.45, 2.75) is 20.0 Å². The Morgan fingerprint density at radius 1 is 1.11 bits per heavy atom. The van der Waals surface area contributed by atoms with Gasteiger partial charge in [-0.05, 0) is 54.8 Å². The van der Waals surface area contributed by atoms with E-state index in [0.717, 1.165) is 41.5 Å². The van der Waals surface area contributed by atoms with Crippen molar-refractivity contribution in [1.29, 1.82) is 0 Å². The van der Waals surface area contributed by atoms with Gasteiger partial charge in [0.1, 0.15) is 0 Å². The van der Waals surface area contributed by atoms with E-state index in [0.29, 0.717) is 5.69 Å². The molecule has 0 fully saturated rings. The van der Waals surface area contributed by atoms with Gasteiger partial charge in [-0.25, -0.2) is 0 Å². The van der Waals surface area contributed by atoms with E-state index in [1.165, 1.54) is 0 Å². The second-order valence-corrected chi connectivity index (χ2v) is 6.51. The maximum absolute atomic E-state index is 12.8. The summed E-state index contributed by atoms with van der Waals surface area (Å²) < 4.78 is 38.3. The van der Waals surface area contributed by atoms with Crippen molar-refractivity contribution in [3.05, 3.63) is 69.8 Å². The minimum Gasteiger partial charge on any atom is -0.343 e. The van der Waals surface area contributed by atoms with Crippen molar-refractivity contribution >= 4 is 35.2 Å². The van der Waals surface area contributed by atoms with E-state index in [9.17, 15) is 22.8 Å². The van der Waals surface area contributed by atoms with Gasteiger partial charge in [-0.3, -0.25) is 9.59 Å². The predicted molar refractivity (Wildman–Crippen MR) is 103 cm³/mol. The number of carbonyl (C=O) groups excluding carboxylic acids is 2. The molecule has 2 rings (SSSR count). The third kappa shape index (κ3) is 5.85. The first-order chi connectivity index (χ1) is 13.1. The molecule has 0 heterocycles. The second kappa shape index (κ2) is 8.93. The van der Waals surface area contributed by atoms with Crippen molar-refractivity contribution in [3.8, 4) is 0 Å². The van der Waals surface area contributed by atoms with E-state index in [1.807, 2.05) is 32.0 Å². The quantitative estimate of drug-likeness (QED) is 0.699. The van der Waals surface area contributed by atoms with Crippen molar-refractivity contribution in [3.63, 3.8) is 0 Å². The predicted octanol–water partition coefficient (Wildman–Crippen LogP) is 4.74. The molecular weight excluding hydrogens is 393 g/mol. The lowest BCUT2D eigenvalue weighted by Gasteiger charge is -2.11. The number of amides is 2. The van der Waals surface area contributed by atoms with Crippen LogP contribution in [0.4, 0.5) is 18.9 Å². The van der Waals surface area contributed by atoms with Crippen LogP contribution in [0.5, 0.6) is 0 Å². The highest BCUT2D eigenvalue weighted by atomic mass is 35.5. The molecule has 2 N–H and O–H groups in total. The minimum absolute atomic E-state index is 0.0478.